The molecule has 6 rings (SSSR count). The third kappa shape index (κ3) is 2.53. The zero-order valence-corrected chi connectivity index (χ0v) is 16.6. The van der Waals surface area contributed by atoms with Gasteiger partial charge in [0, 0.05) is 0 Å². The topological polar surface area (TPSA) is 0 Å². The minimum atomic E-state index is 1.06. The fraction of sp³-hybridized carbons (Fsp3) is 0.103. The molecule has 0 aliphatic carbocycles. The van der Waals surface area contributed by atoms with E-state index in [-0.39, 0.29) is 0 Å². The lowest BCUT2D eigenvalue weighted by molar-refractivity contribution is 0.968. The first-order valence-electron chi connectivity index (χ1n) is 10.4. The lowest BCUT2D eigenvalue weighted by atomic mass is 9.86. The molecule has 0 aliphatic heterocycles. The molecule has 0 radical (unpaired) electrons. The van der Waals surface area contributed by atoms with Gasteiger partial charge in [-0.05, 0) is 74.0 Å². The zero-order valence-electron chi connectivity index (χ0n) is 16.6. The van der Waals surface area contributed by atoms with Gasteiger partial charge in [-0.25, -0.2) is 0 Å². The van der Waals surface area contributed by atoms with E-state index >= 15 is 0 Å². The Bertz CT molecular complexity index is 1500. The van der Waals surface area contributed by atoms with Crippen molar-refractivity contribution >= 4 is 43.1 Å². The van der Waals surface area contributed by atoms with E-state index in [1.807, 2.05) is 0 Å². The second-order valence-electron chi connectivity index (χ2n) is 8.20. The molecule has 0 amide bonds. The summed E-state index contributed by atoms with van der Waals surface area (Å²) in [6, 6.07) is 33.8. The van der Waals surface area contributed by atoms with Crippen molar-refractivity contribution in [1.82, 2.24) is 0 Å². The third-order valence-corrected chi connectivity index (χ3v) is 6.36. The molecule has 6 aromatic carbocycles. The Kier molecular flexibility index (Phi) is 3.61. The summed E-state index contributed by atoms with van der Waals surface area (Å²) >= 11 is 0. The van der Waals surface area contributed by atoms with E-state index in [0.29, 0.717) is 0 Å². The highest BCUT2D eigenvalue weighted by Crippen LogP contribution is 2.41. The SMILES string of the molecule is Cc1cccc(CCc2ccc3cccc4c5cccc6cccc(c2c34)c65)c1. The van der Waals surface area contributed by atoms with Crippen molar-refractivity contribution in [1.29, 1.82) is 0 Å². The van der Waals surface area contributed by atoms with Crippen LogP contribution in [0.15, 0.2) is 91.0 Å². The first-order valence-corrected chi connectivity index (χ1v) is 10.4. The predicted molar refractivity (Wildman–Crippen MR) is 126 cm³/mol. The van der Waals surface area contributed by atoms with Crippen LogP contribution in [-0.2, 0) is 12.8 Å². The van der Waals surface area contributed by atoms with Crippen LogP contribution < -0.4 is 0 Å². The molecule has 0 heteroatoms. The largest absolute Gasteiger partial charge is 0.0617 e. The van der Waals surface area contributed by atoms with Gasteiger partial charge in [-0.2, -0.15) is 0 Å². The average Bonchev–Trinajstić information content (AvgIpc) is 2.76. The van der Waals surface area contributed by atoms with Gasteiger partial charge in [-0.1, -0.05) is 96.6 Å². The predicted octanol–water partition coefficient (Wildman–Crippen LogP) is 7.83. The van der Waals surface area contributed by atoms with Crippen LogP contribution in [0.1, 0.15) is 16.7 Å². The van der Waals surface area contributed by atoms with E-state index in [1.54, 1.807) is 0 Å². The lowest BCUT2D eigenvalue weighted by Crippen LogP contribution is -1.95. The molecule has 0 heterocycles. The fourth-order valence-corrected chi connectivity index (χ4v) is 5.08. The Morgan fingerprint density at radius 3 is 1.93 bits per heavy atom. The van der Waals surface area contributed by atoms with E-state index in [9.17, 15) is 0 Å². The van der Waals surface area contributed by atoms with Crippen LogP contribution in [0.3, 0.4) is 0 Å². The maximum Gasteiger partial charge on any atom is -0.00236 e. The monoisotopic (exact) mass is 370 g/mol. The van der Waals surface area contributed by atoms with Crippen molar-refractivity contribution in [3.05, 3.63) is 108 Å². The number of hydrogen-bond acceptors (Lipinski definition) is 0. The van der Waals surface area contributed by atoms with Crippen LogP contribution in [0.4, 0.5) is 0 Å². The van der Waals surface area contributed by atoms with E-state index in [0.717, 1.165) is 12.8 Å². The van der Waals surface area contributed by atoms with Crippen LogP contribution in [0.2, 0.25) is 0 Å². The zero-order chi connectivity index (χ0) is 19.4. The minimum Gasteiger partial charge on any atom is -0.0617 e. The maximum absolute atomic E-state index is 2.35. The fourth-order valence-electron chi connectivity index (χ4n) is 5.08. The number of benzene rings is 6. The summed E-state index contributed by atoms with van der Waals surface area (Å²) in [6.45, 7) is 2.17. The van der Waals surface area contributed by atoms with Crippen molar-refractivity contribution in [2.45, 2.75) is 19.8 Å². The van der Waals surface area contributed by atoms with Gasteiger partial charge in [0.15, 0.2) is 0 Å². The Morgan fingerprint density at radius 2 is 1.17 bits per heavy atom. The van der Waals surface area contributed by atoms with Gasteiger partial charge in [-0.3, -0.25) is 0 Å². The first-order chi connectivity index (χ1) is 14.3. The molecular weight excluding hydrogens is 348 g/mol. The van der Waals surface area contributed by atoms with Gasteiger partial charge < -0.3 is 0 Å². The summed E-state index contributed by atoms with van der Waals surface area (Å²) in [6.07, 6.45) is 2.13. The van der Waals surface area contributed by atoms with Crippen molar-refractivity contribution < 1.29 is 0 Å². The quantitative estimate of drug-likeness (QED) is 0.220. The molecule has 0 spiro atoms. The number of fused-ring (bicyclic) bond motifs is 2. The van der Waals surface area contributed by atoms with Crippen LogP contribution in [0.5, 0.6) is 0 Å². The molecule has 138 valence electrons. The molecule has 0 N–H and O–H groups in total. The molecule has 0 atom stereocenters. The molecule has 0 aromatic heterocycles. The lowest BCUT2D eigenvalue weighted by Gasteiger charge is -2.17. The molecule has 0 saturated carbocycles. The molecule has 6 aromatic rings. The smallest absolute Gasteiger partial charge is 0.00236 e. The highest BCUT2D eigenvalue weighted by molar-refractivity contribution is 6.33. The second-order valence-corrected chi connectivity index (χ2v) is 8.20. The third-order valence-electron chi connectivity index (χ3n) is 6.36. The van der Waals surface area contributed by atoms with Crippen LogP contribution in [0, 0.1) is 6.92 Å². The summed E-state index contributed by atoms with van der Waals surface area (Å²) in [7, 11) is 0. The first kappa shape index (κ1) is 16.6. The molecule has 0 nitrogen and oxygen atoms in total. The Hall–Kier alpha value is -3.38. The number of rotatable bonds is 3. The van der Waals surface area contributed by atoms with Crippen LogP contribution in [0.25, 0.3) is 43.1 Å². The number of hydrogen-bond donors (Lipinski definition) is 0. The molecular formula is C29H22. The van der Waals surface area contributed by atoms with E-state index < -0.39 is 0 Å². The summed E-state index contributed by atoms with van der Waals surface area (Å²) in [5.74, 6) is 0. The molecule has 0 saturated heterocycles. The van der Waals surface area contributed by atoms with Gasteiger partial charge in [0.1, 0.15) is 0 Å². The summed E-state index contributed by atoms with van der Waals surface area (Å²) < 4.78 is 0. The summed E-state index contributed by atoms with van der Waals surface area (Å²) in [4.78, 5) is 0. The van der Waals surface area contributed by atoms with Gasteiger partial charge in [0.05, 0.1) is 0 Å². The summed E-state index contributed by atoms with van der Waals surface area (Å²) in [5, 5.41) is 11.1. The highest BCUT2D eigenvalue weighted by atomic mass is 14.2. The molecule has 29 heavy (non-hydrogen) atoms. The van der Waals surface area contributed by atoms with E-state index in [2.05, 4.69) is 97.9 Å². The Balaban J connectivity index is 1.67. The van der Waals surface area contributed by atoms with Gasteiger partial charge in [-0.15, -0.1) is 0 Å². The highest BCUT2D eigenvalue weighted by Gasteiger charge is 2.15. The van der Waals surface area contributed by atoms with Crippen molar-refractivity contribution in [2.24, 2.45) is 0 Å². The molecule has 0 aliphatic rings. The van der Waals surface area contributed by atoms with Gasteiger partial charge in [0.25, 0.3) is 0 Å². The number of aryl methyl sites for hydroxylation is 3. The van der Waals surface area contributed by atoms with Crippen LogP contribution >= 0.6 is 0 Å². The molecule has 0 bridgehead atoms. The molecule has 0 unspecified atom stereocenters. The second kappa shape index (κ2) is 6.32. The van der Waals surface area contributed by atoms with Crippen LogP contribution in [-0.4, -0.2) is 0 Å². The standard InChI is InChI=1S/C29H22/c1-19-6-2-7-20(18-19)14-15-23-17-16-22-10-4-12-25-24-11-3-8-21-9-5-13-26(27(21)24)29(23)28(22)25/h2-13,16-18H,14-15H2,1H3. The molecule has 0 fully saturated rings. The maximum atomic E-state index is 2.35. The Morgan fingerprint density at radius 1 is 0.517 bits per heavy atom. The van der Waals surface area contributed by atoms with Gasteiger partial charge in [0.2, 0.25) is 0 Å². The van der Waals surface area contributed by atoms with E-state index in [1.165, 1.54) is 59.8 Å². The van der Waals surface area contributed by atoms with E-state index in [4.69, 9.17) is 0 Å². The van der Waals surface area contributed by atoms with Crippen molar-refractivity contribution in [3.63, 3.8) is 0 Å². The summed E-state index contributed by atoms with van der Waals surface area (Å²) in [5.41, 5.74) is 4.21. The normalized spacial score (nSPS) is 11.9. The average molecular weight is 370 g/mol. The van der Waals surface area contributed by atoms with Gasteiger partial charge >= 0.3 is 0 Å². The van der Waals surface area contributed by atoms with Crippen molar-refractivity contribution in [2.75, 3.05) is 0 Å². The Labute approximate surface area is 170 Å². The van der Waals surface area contributed by atoms with Crippen molar-refractivity contribution in [3.8, 4) is 0 Å². The minimum absolute atomic E-state index is 1.06.